The van der Waals surface area contributed by atoms with Crippen LogP contribution in [0.4, 0.5) is 4.79 Å². The Balaban J connectivity index is 1.65. The van der Waals surface area contributed by atoms with Crippen LogP contribution < -0.4 is 10.6 Å². The summed E-state index contributed by atoms with van der Waals surface area (Å²) in [5.41, 5.74) is 1.09. The van der Waals surface area contributed by atoms with Gasteiger partial charge in [0.2, 0.25) is 0 Å². The van der Waals surface area contributed by atoms with E-state index in [1.807, 2.05) is 22.2 Å². The van der Waals surface area contributed by atoms with Gasteiger partial charge in [0, 0.05) is 32.0 Å². The van der Waals surface area contributed by atoms with Crippen molar-refractivity contribution in [1.82, 2.24) is 20.2 Å². The number of aromatic nitrogens is 2. The van der Waals surface area contributed by atoms with E-state index < -0.39 is 0 Å². The summed E-state index contributed by atoms with van der Waals surface area (Å²) in [5.74, 6) is 0. The Morgan fingerprint density at radius 2 is 2.39 bits per heavy atom. The minimum Gasteiger partial charge on any atom is -0.336 e. The lowest BCUT2D eigenvalue weighted by molar-refractivity contribution is 0.240. The van der Waals surface area contributed by atoms with E-state index in [1.54, 1.807) is 23.9 Å². The number of nitrogens with one attached hydrogen (secondary N) is 2. The zero-order valence-corrected chi connectivity index (χ0v) is 12.0. The molecule has 0 aromatic carbocycles. The molecule has 0 unspecified atom stereocenters. The Hall–Kier alpha value is -1.34. The quantitative estimate of drug-likeness (QED) is 0.884. The molecule has 18 heavy (non-hydrogen) atoms. The zero-order valence-electron chi connectivity index (χ0n) is 9.60. The molecule has 2 aromatic rings. The summed E-state index contributed by atoms with van der Waals surface area (Å²) >= 11 is 5.04. The van der Waals surface area contributed by atoms with E-state index in [0.29, 0.717) is 13.1 Å². The number of thiophene rings is 1. The molecule has 7 heteroatoms. The molecule has 0 fully saturated rings. The molecule has 2 heterocycles. The van der Waals surface area contributed by atoms with Crippen LogP contribution >= 0.6 is 27.3 Å². The maximum Gasteiger partial charge on any atom is 0.315 e. The molecule has 0 aliphatic carbocycles. The molecule has 2 N–H and O–H groups in total. The van der Waals surface area contributed by atoms with Gasteiger partial charge in [-0.15, -0.1) is 11.3 Å². The molecule has 0 saturated heterocycles. The summed E-state index contributed by atoms with van der Waals surface area (Å²) in [6.45, 7) is 1.82. The van der Waals surface area contributed by atoms with Gasteiger partial charge >= 0.3 is 6.03 Å². The van der Waals surface area contributed by atoms with Crippen molar-refractivity contribution in [2.75, 3.05) is 6.54 Å². The van der Waals surface area contributed by atoms with Crippen molar-refractivity contribution in [2.45, 2.75) is 13.1 Å². The van der Waals surface area contributed by atoms with Crippen molar-refractivity contribution in [1.29, 1.82) is 0 Å². The maximum atomic E-state index is 11.5. The van der Waals surface area contributed by atoms with Gasteiger partial charge in [-0.3, -0.25) is 0 Å². The summed E-state index contributed by atoms with van der Waals surface area (Å²) in [7, 11) is 0. The molecular weight excluding hydrogens is 316 g/mol. The number of imidazole rings is 1. The minimum atomic E-state index is -0.159. The first kappa shape index (κ1) is 13.1. The normalized spacial score (nSPS) is 10.3. The molecule has 0 saturated carbocycles. The van der Waals surface area contributed by atoms with Gasteiger partial charge < -0.3 is 15.2 Å². The van der Waals surface area contributed by atoms with E-state index in [2.05, 4.69) is 31.5 Å². The molecule has 0 radical (unpaired) electrons. The number of amides is 2. The van der Waals surface area contributed by atoms with Crippen molar-refractivity contribution in [3.05, 3.63) is 39.5 Å². The Bertz CT molecular complexity index is 497. The van der Waals surface area contributed by atoms with Crippen LogP contribution in [0.5, 0.6) is 0 Å². The second kappa shape index (κ2) is 6.55. The Morgan fingerprint density at radius 3 is 3.06 bits per heavy atom. The van der Waals surface area contributed by atoms with E-state index in [9.17, 15) is 4.79 Å². The lowest BCUT2D eigenvalue weighted by Crippen LogP contribution is -2.36. The standard InChI is InChI=1S/C11H13BrN4OS/c12-10-9(1-6-18-10)7-15-11(17)14-3-5-16-4-2-13-8-16/h1-2,4,6,8H,3,5,7H2,(H2,14,15,17). The number of rotatable bonds is 5. The zero-order chi connectivity index (χ0) is 12.8. The molecule has 0 aliphatic rings. The molecule has 0 atom stereocenters. The fourth-order valence-corrected chi connectivity index (χ4v) is 2.64. The van der Waals surface area contributed by atoms with E-state index in [4.69, 9.17) is 0 Å². The highest BCUT2D eigenvalue weighted by atomic mass is 79.9. The topological polar surface area (TPSA) is 59.0 Å². The van der Waals surface area contributed by atoms with Crippen molar-refractivity contribution >= 4 is 33.3 Å². The smallest absolute Gasteiger partial charge is 0.315 e. The molecule has 0 spiro atoms. The molecule has 2 amide bonds. The largest absolute Gasteiger partial charge is 0.336 e. The first-order valence-corrected chi connectivity index (χ1v) is 7.12. The minimum absolute atomic E-state index is 0.159. The monoisotopic (exact) mass is 328 g/mol. The third-order valence-electron chi connectivity index (χ3n) is 2.35. The van der Waals surface area contributed by atoms with Crippen molar-refractivity contribution in [2.24, 2.45) is 0 Å². The second-order valence-electron chi connectivity index (χ2n) is 3.63. The van der Waals surface area contributed by atoms with Gasteiger partial charge in [-0.1, -0.05) is 0 Å². The van der Waals surface area contributed by atoms with Crippen molar-refractivity contribution in [3.63, 3.8) is 0 Å². The summed E-state index contributed by atoms with van der Waals surface area (Å²) in [6.07, 6.45) is 5.30. The molecule has 2 rings (SSSR count). The lowest BCUT2D eigenvalue weighted by atomic mass is 10.3. The molecule has 96 valence electrons. The van der Waals surface area contributed by atoms with Crippen LogP contribution in [0.3, 0.4) is 0 Å². The molecule has 2 aromatic heterocycles. The third kappa shape index (κ3) is 3.85. The lowest BCUT2D eigenvalue weighted by Gasteiger charge is -2.07. The summed E-state index contributed by atoms with van der Waals surface area (Å²) in [4.78, 5) is 15.4. The number of urea groups is 1. The van der Waals surface area contributed by atoms with Gasteiger partial charge in [0.1, 0.15) is 0 Å². The van der Waals surface area contributed by atoms with Gasteiger partial charge in [-0.05, 0) is 32.9 Å². The number of hydrogen-bond donors (Lipinski definition) is 2. The van der Waals surface area contributed by atoms with Gasteiger partial charge in [0.05, 0.1) is 10.1 Å². The number of halogens is 1. The van der Waals surface area contributed by atoms with Crippen LogP contribution in [-0.4, -0.2) is 22.1 Å². The summed E-state index contributed by atoms with van der Waals surface area (Å²) < 4.78 is 2.97. The fourth-order valence-electron chi connectivity index (χ4n) is 1.40. The average Bonchev–Trinajstić information content (AvgIpc) is 2.98. The van der Waals surface area contributed by atoms with Gasteiger partial charge in [-0.2, -0.15) is 0 Å². The third-order valence-corrected chi connectivity index (χ3v) is 4.16. The molecule has 5 nitrogen and oxygen atoms in total. The van der Waals surface area contributed by atoms with Crippen LogP contribution in [0.1, 0.15) is 5.56 Å². The Labute approximate surface area is 117 Å². The first-order valence-electron chi connectivity index (χ1n) is 5.45. The predicted molar refractivity (Wildman–Crippen MR) is 74.5 cm³/mol. The van der Waals surface area contributed by atoms with E-state index in [0.717, 1.165) is 15.9 Å². The maximum absolute atomic E-state index is 11.5. The van der Waals surface area contributed by atoms with Crippen molar-refractivity contribution < 1.29 is 4.79 Å². The number of nitrogens with zero attached hydrogens (tertiary/aromatic N) is 2. The second-order valence-corrected chi connectivity index (χ2v) is 5.86. The Morgan fingerprint density at radius 1 is 1.50 bits per heavy atom. The van der Waals surface area contributed by atoms with E-state index in [-0.39, 0.29) is 6.03 Å². The van der Waals surface area contributed by atoms with Crippen molar-refractivity contribution in [3.8, 4) is 0 Å². The number of carbonyl (C=O) groups is 1. The number of carbonyl (C=O) groups excluding carboxylic acids is 1. The molecular formula is C11H13BrN4OS. The van der Waals surface area contributed by atoms with Gasteiger partial charge in [0.25, 0.3) is 0 Å². The molecule has 0 aliphatic heterocycles. The molecule has 0 bridgehead atoms. The SMILES string of the molecule is O=C(NCCn1ccnc1)NCc1ccsc1Br. The van der Waals surface area contributed by atoms with Crippen LogP contribution in [0.25, 0.3) is 0 Å². The Kier molecular flexibility index (Phi) is 4.77. The van der Waals surface area contributed by atoms with Crippen LogP contribution in [0.2, 0.25) is 0 Å². The highest BCUT2D eigenvalue weighted by Crippen LogP contribution is 2.22. The van der Waals surface area contributed by atoms with E-state index in [1.165, 1.54) is 0 Å². The highest BCUT2D eigenvalue weighted by Gasteiger charge is 2.03. The summed E-state index contributed by atoms with van der Waals surface area (Å²) in [6, 6.07) is 1.83. The van der Waals surface area contributed by atoms with Crippen LogP contribution in [0.15, 0.2) is 34.0 Å². The van der Waals surface area contributed by atoms with Crippen LogP contribution in [-0.2, 0) is 13.1 Å². The van der Waals surface area contributed by atoms with E-state index >= 15 is 0 Å². The first-order chi connectivity index (χ1) is 8.75. The average molecular weight is 329 g/mol. The highest BCUT2D eigenvalue weighted by molar-refractivity contribution is 9.11. The number of hydrogen-bond acceptors (Lipinski definition) is 3. The van der Waals surface area contributed by atoms with Crippen LogP contribution in [0, 0.1) is 0 Å². The van der Waals surface area contributed by atoms with Gasteiger partial charge in [-0.25, -0.2) is 9.78 Å². The van der Waals surface area contributed by atoms with Gasteiger partial charge in [0.15, 0.2) is 0 Å². The predicted octanol–water partition coefficient (Wildman–Crippen LogP) is 2.21. The summed E-state index contributed by atoms with van der Waals surface area (Å²) in [5, 5.41) is 7.58. The fraction of sp³-hybridized carbons (Fsp3) is 0.273.